The lowest BCUT2D eigenvalue weighted by molar-refractivity contribution is -0.145. The molecule has 24 heavy (non-hydrogen) atoms. The minimum absolute atomic E-state index is 0.222. The molecule has 0 unspecified atom stereocenters. The molecular weight excluding hydrogens is 328 g/mol. The number of benzene rings is 2. The third-order valence-electron chi connectivity index (χ3n) is 3.77. The van der Waals surface area contributed by atoms with Gasteiger partial charge in [0.05, 0.1) is 16.0 Å². The zero-order valence-corrected chi connectivity index (χ0v) is 13.7. The SMILES string of the molecule is C[C@](CC(=O)Nc1ccc(C#N)c(Cl)c1)(C(=O)O)c1ccccc1. The van der Waals surface area contributed by atoms with E-state index in [4.69, 9.17) is 16.9 Å². The van der Waals surface area contributed by atoms with Crippen LogP contribution in [-0.2, 0) is 15.0 Å². The van der Waals surface area contributed by atoms with Crippen LogP contribution in [0.4, 0.5) is 5.69 Å². The molecule has 6 heteroatoms. The Morgan fingerprint density at radius 3 is 2.46 bits per heavy atom. The van der Waals surface area contributed by atoms with E-state index >= 15 is 0 Å². The van der Waals surface area contributed by atoms with Crippen LogP contribution in [0, 0.1) is 11.3 Å². The third-order valence-corrected chi connectivity index (χ3v) is 4.08. The first kappa shape index (κ1) is 17.5. The Kier molecular flexibility index (Phi) is 5.22. The number of rotatable bonds is 5. The Labute approximate surface area is 144 Å². The molecule has 2 aromatic rings. The maximum atomic E-state index is 12.3. The van der Waals surface area contributed by atoms with Crippen molar-refractivity contribution in [2.45, 2.75) is 18.8 Å². The van der Waals surface area contributed by atoms with E-state index in [1.165, 1.54) is 19.1 Å². The monoisotopic (exact) mass is 342 g/mol. The number of carbonyl (C=O) groups is 2. The summed E-state index contributed by atoms with van der Waals surface area (Å²) in [4.78, 5) is 24.0. The Hall–Kier alpha value is -2.84. The molecule has 0 heterocycles. The molecule has 0 aromatic heterocycles. The number of halogens is 1. The number of amides is 1. The van der Waals surface area contributed by atoms with Crippen molar-refractivity contribution in [3.8, 4) is 6.07 Å². The number of anilines is 1. The molecule has 1 atom stereocenters. The fraction of sp³-hybridized carbons (Fsp3) is 0.167. The second kappa shape index (κ2) is 7.16. The molecule has 0 aliphatic carbocycles. The zero-order chi connectivity index (χ0) is 17.7. The lowest BCUT2D eigenvalue weighted by atomic mass is 9.79. The van der Waals surface area contributed by atoms with Crippen LogP contribution >= 0.6 is 11.6 Å². The predicted molar refractivity (Wildman–Crippen MR) is 90.8 cm³/mol. The molecule has 0 spiro atoms. The first-order valence-corrected chi connectivity index (χ1v) is 7.53. The summed E-state index contributed by atoms with van der Waals surface area (Å²) in [5, 5.41) is 21.3. The molecule has 0 aliphatic heterocycles. The van der Waals surface area contributed by atoms with Crippen LogP contribution in [0.3, 0.4) is 0 Å². The number of nitrogens with one attached hydrogen (secondary N) is 1. The standard InChI is InChI=1S/C18H15ClN2O3/c1-18(17(23)24,13-5-3-2-4-6-13)10-16(22)21-14-8-7-12(11-20)15(19)9-14/h2-9H,10H2,1H3,(H,21,22)(H,23,24)/t18-/m1/s1. The van der Waals surface area contributed by atoms with E-state index in [1.54, 1.807) is 36.4 Å². The van der Waals surface area contributed by atoms with Gasteiger partial charge in [-0.25, -0.2) is 0 Å². The highest BCUT2D eigenvalue weighted by Gasteiger charge is 2.37. The summed E-state index contributed by atoms with van der Waals surface area (Å²) in [6.07, 6.45) is -0.232. The molecule has 0 saturated carbocycles. The summed E-state index contributed by atoms with van der Waals surface area (Å²) in [5.41, 5.74) is -0.0912. The first-order chi connectivity index (χ1) is 11.4. The summed E-state index contributed by atoms with van der Waals surface area (Å²) in [5.74, 6) is -1.54. The van der Waals surface area contributed by atoms with Crippen molar-refractivity contribution in [2.24, 2.45) is 0 Å². The minimum Gasteiger partial charge on any atom is -0.481 e. The van der Waals surface area contributed by atoms with Crippen molar-refractivity contribution >= 4 is 29.2 Å². The van der Waals surface area contributed by atoms with Crippen LogP contribution in [0.1, 0.15) is 24.5 Å². The highest BCUT2D eigenvalue weighted by molar-refractivity contribution is 6.32. The maximum Gasteiger partial charge on any atom is 0.314 e. The van der Waals surface area contributed by atoms with Crippen LogP contribution in [0.15, 0.2) is 48.5 Å². The van der Waals surface area contributed by atoms with Crippen molar-refractivity contribution in [3.05, 3.63) is 64.7 Å². The Morgan fingerprint density at radius 1 is 1.25 bits per heavy atom. The number of carboxylic acid groups (broad SMARTS) is 1. The summed E-state index contributed by atoms with van der Waals surface area (Å²) in [6.45, 7) is 1.51. The molecule has 2 rings (SSSR count). The van der Waals surface area contributed by atoms with Crippen LogP contribution in [0.2, 0.25) is 5.02 Å². The number of nitriles is 1. The lowest BCUT2D eigenvalue weighted by Gasteiger charge is -2.24. The van der Waals surface area contributed by atoms with E-state index in [9.17, 15) is 14.7 Å². The highest BCUT2D eigenvalue weighted by Crippen LogP contribution is 2.29. The number of carbonyl (C=O) groups excluding carboxylic acids is 1. The Balaban J connectivity index is 2.19. The van der Waals surface area contributed by atoms with E-state index < -0.39 is 17.3 Å². The molecule has 122 valence electrons. The van der Waals surface area contributed by atoms with Gasteiger partial charge in [-0.1, -0.05) is 41.9 Å². The molecule has 5 nitrogen and oxygen atoms in total. The molecule has 0 aliphatic rings. The maximum absolute atomic E-state index is 12.3. The summed E-state index contributed by atoms with van der Waals surface area (Å²) in [6, 6.07) is 15.0. The molecule has 2 N–H and O–H groups in total. The fourth-order valence-corrected chi connectivity index (χ4v) is 2.54. The van der Waals surface area contributed by atoms with Gasteiger partial charge in [0.15, 0.2) is 0 Å². The second-order valence-corrected chi connectivity index (χ2v) is 5.94. The van der Waals surface area contributed by atoms with E-state index in [2.05, 4.69) is 5.32 Å². The number of aliphatic carboxylic acids is 1. The van der Waals surface area contributed by atoms with E-state index in [0.717, 1.165) is 0 Å². The van der Waals surface area contributed by atoms with Gasteiger partial charge in [-0.05, 0) is 30.7 Å². The molecule has 0 radical (unpaired) electrons. The molecule has 2 aromatic carbocycles. The smallest absolute Gasteiger partial charge is 0.314 e. The van der Waals surface area contributed by atoms with E-state index in [0.29, 0.717) is 16.8 Å². The predicted octanol–water partition coefficient (Wildman–Crippen LogP) is 3.58. The van der Waals surface area contributed by atoms with Crippen molar-refractivity contribution in [1.82, 2.24) is 0 Å². The quantitative estimate of drug-likeness (QED) is 0.868. The van der Waals surface area contributed by atoms with E-state index in [-0.39, 0.29) is 11.4 Å². The van der Waals surface area contributed by atoms with Crippen molar-refractivity contribution in [2.75, 3.05) is 5.32 Å². The third kappa shape index (κ3) is 3.73. The van der Waals surface area contributed by atoms with Gasteiger partial charge in [-0.3, -0.25) is 9.59 Å². The van der Waals surface area contributed by atoms with Gasteiger partial charge in [0.25, 0.3) is 0 Å². The Morgan fingerprint density at radius 2 is 1.92 bits per heavy atom. The molecule has 0 fully saturated rings. The van der Waals surface area contributed by atoms with Crippen molar-refractivity contribution in [1.29, 1.82) is 5.26 Å². The topological polar surface area (TPSA) is 90.2 Å². The Bertz CT molecular complexity index is 815. The zero-order valence-electron chi connectivity index (χ0n) is 12.9. The van der Waals surface area contributed by atoms with Gasteiger partial charge >= 0.3 is 5.97 Å². The van der Waals surface area contributed by atoms with Crippen molar-refractivity contribution < 1.29 is 14.7 Å². The molecule has 0 saturated heterocycles. The molecule has 1 amide bonds. The fourth-order valence-electron chi connectivity index (χ4n) is 2.32. The average Bonchev–Trinajstić information content (AvgIpc) is 2.55. The van der Waals surface area contributed by atoms with Gasteiger partial charge in [0, 0.05) is 12.1 Å². The van der Waals surface area contributed by atoms with Gasteiger partial charge in [-0.15, -0.1) is 0 Å². The number of carboxylic acids is 1. The van der Waals surface area contributed by atoms with Gasteiger partial charge in [0.2, 0.25) is 5.91 Å². The molecule has 0 bridgehead atoms. The van der Waals surface area contributed by atoms with Gasteiger partial charge in [-0.2, -0.15) is 5.26 Å². The highest BCUT2D eigenvalue weighted by atomic mass is 35.5. The van der Waals surface area contributed by atoms with Gasteiger partial charge in [0.1, 0.15) is 6.07 Å². The molecular formula is C18H15ClN2O3. The minimum atomic E-state index is -1.35. The largest absolute Gasteiger partial charge is 0.481 e. The number of hydrogen-bond donors (Lipinski definition) is 2. The lowest BCUT2D eigenvalue weighted by Crippen LogP contribution is -2.36. The van der Waals surface area contributed by atoms with Crippen LogP contribution in [0.25, 0.3) is 0 Å². The van der Waals surface area contributed by atoms with Gasteiger partial charge < -0.3 is 10.4 Å². The average molecular weight is 343 g/mol. The summed E-state index contributed by atoms with van der Waals surface area (Å²) >= 11 is 5.92. The van der Waals surface area contributed by atoms with Crippen LogP contribution in [-0.4, -0.2) is 17.0 Å². The van der Waals surface area contributed by atoms with E-state index in [1.807, 2.05) is 6.07 Å². The van der Waals surface area contributed by atoms with Crippen LogP contribution < -0.4 is 5.32 Å². The first-order valence-electron chi connectivity index (χ1n) is 7.15. The van der Waals surface area contributed by atoms with Crippen molar-refractivity contribution in [3.63, 3.8) is 0 Å². The second-order valence-electron chi connectivity index (χ2n) is 5.53. The number of nitrogens with zero attached hydrogens (tertiary/aromatic N) is 1. The summed E-state index contributed by atoms with van der Waals surface area (Å²) < 4.78 is 0. The summed E-state index contributed by atoms with van der Waals surface area (Å²) in [7, 11) is 0. The normalized spacial score (nSPS) is 12.7. The van der Waals surface area contributed by atoms with Crippen LogP contribution in [0.5, 0.6) is 0 Å². The number of hydrogen-bond acceptors (Lipinski definition) is 3.